The summed E-state index contributed by atoms with van der Waals surface area (Å²) in [6, 6.07) is 16.3. The Morgan fingerprint density at radius 3 is 2.55 bits per heavy atom. The summed E-state index contributed by atoms with van der Waals surface area (Å²) in [7, 11) is 5.76. The fourth-order valence-corrected chi connectivity index (χ4v) is 4.82. The monoisotopic (exact) mass is 390 g/mol. The standard InChI is InChI=1S/C25H30N2O2/c1-24(2)14-22-20(13-17-9-6-7-11-21(17)26-22)25(28,16-24)19-10-8-12-23(29-5)18(19)15-27(3)4/h6-13,28H,14-16H2,1-5H3. The van der Waals surface area contributed by atoms with Gasteiger partial charge in [0, 0.05) is 28.8 Å². The van der Waals surface area contributed by atoms with Crippen LogP contribution in [0.5, 0.6) is 5.75 Å². The molecular weight excluding hydrogens is 360 g/mol. The molecule has 0 amide bonds. The minimum Gasteiger partial charge on any atom is -0.496 e. The molecule has 0 spiro atoms. The number of rotatable bonds is 4. The number of para-hydroxylation sites is 1. The van der Waals surface area contributed by atoms with Gasteiger partial charge in [-0.25, -0.2) is 0 Å². The number of pyridine rings is 1. The predicted molar refractivity (Wildman–Crippen MR) is 117 cm³/mol. The Labute approximate surface area is 173 Å². The number of benzene rings is 2. The minimum atomic E-state index is -1.12. The van der Waals surface area contributed by atoms with Gasteiger partial charge in [0.25, 0.3) is 0 Å². The summed E-state index contributed by atoms with van der Waals surface area (Å²) >= 11 is 0. The number of methoxy groups -OCH3 is 1. The second kappa shape index (κ2) is 7.12. The van der Waals surface area contributed by atoms with Crippen molar-refractivity contribution in [1.29, 1.82) is 0 Å². The van der Waals surface area contributed by atoms with Crippen LogP contribution >= 0.6 is 0 Å². The first kappa shape index (κ1) is 19.9. The molecule has 4 heteroatoms. The van der Waals surface area contributed by atoms with Crippen LogP contribution in [0.25, 0.3) is 10.9 Å². The highest BCUT2D eigenvalue weighted by Crippen LogP contribution is 2.49. The molecule has 0 fully saturated rings. The van der Waals surface area contributed by atoms with E-state index in [0.717, 1.165) is 45.5 Å². The highest BCUT2D eigenvalue weighted by molar-refractivity contribution is 5.80. The summed E-state index contributed by atoms with van der Waals surface area (Å²) < 4.78 is 5.68. The van der Waals surface area contributed by atoms with E-state index in [2.05, 4.69) is 30.9 Å². The van der Waals surface area contributed by atoms with E-state index in [4.69, 9.17) is 9.72 Å². The van der Waals surface area contributed by atoms with E-state index in [1.807, 2.05) is 50.5 Å². The van der Waals surface area contributed by atoms with Crippen LogP contribution in [0, 0.1) is 5.41 Å². The van der Waals surface area contributed by atoms with E-state index >= 15 is 0 Å². The van der Waals surface area contributed by atoms with E-state index in [0.29, 0.717) is 13.0 Å². The van der Waals surface area contributed by atoms with Crippen molar-refractivity contribution in [1.82, 2.24) is 9.88 Å². The van der Waals surface area contributed by atoms with E-state index in [9.17, 15) is 5.11 Å². The molecule has 2 aromatic carbocycles. The lowest BCUT2D eigenvalue weighted by molar-refractivity contribution is 0.0166. The van der Waals surface area contributed by atoms with Crippen LogP contribution in [-0.2, 0) is 18.6 Å². The van der Waals surface area contributed by atoms with Crippen molar-refractivity contribution < 1.29 is 9.84 Å². The molecule has 0 bridgehead atoms. The van der Waals surface area contributed by atoms with Gasteiger partial charge < -0.3 is 14.7 Å². The molecular formula is C25H30N2O2. The van der Waals surface area contributed by atoms with Gasteiger partial charge in [0.1, 0.15) is 11.4 Å². The van der Waals surface area contributed by atoms with Gasteiger partial charge in [0.05, 0.1) is 12.6 Å². The van der Waals surface area contributed by atoms with Crippen LogP contribution in [-0.4, -0.2) is 36.2 Å². The molecule has 29 heavy (non-hydrogen) atoms. The first-order valence-electron chi connectivity index (χ1n) is 10.2. The number of fused-ring (bicyclic) bond motifs is 2. The third-order valence-corrected chi connectivity index (χ3v) is 5.90. The Morgan fingerprint density at radius 1 is 1.07 bits per heavy atom. The predicted octanol–water partition coefficient (Wildman–Crippen LogP) is 4.51. The SMILES string of the molecule is COc1cccc(C2(O)CC(C)(C)Cc3nc4ccccc4cc32)c1CN(C)C. The lowest BCUT2D eigenvalue weighted by Crippen LogP contribution is -2.41. The van der Waals surface area contributed by atoms with Crippen LogP contribution in [0.15, 0.2) is 48.5 Å². The van der Waals surface area contributed by atoms with Gasteiger partial charge in [-0.3, -0.25) is 4.98 Å². The van der Waals surface area contributed by atoms with Crippen molar-refractivity contribution in [2.45, 2.75) is 38.8 Å². The molecule has 1 atom stereocenters. The maximum Gasteiger partial charge on any atom is 0.123 e. The molecule has 152 valence electrons. The van der Waals surface area contributed by atoms with Crippen LogP contribution < -0.4 is 4.74 Å². The van der Waals surface area contributed by atoms with Gasteiger partial charge in [0.2, 0.25) is 0 Å². The van der Waals surface area contributed by atoms with Gasteiger partial charge in [-0.1, -0.05) is 44.2 Å². The normalized spacial score (nSPS) is 20.7. The first-order valence-corrected chi connectivity index (χ1v) is 10.2. The molecule has 1 unspecified atom stereocenters. The van der Waals surface area contributed by atoms with Gasteiger partial charge in [-0.2, -0.15) is 0 Å². The maximum atomic E-state index is 12.3. The van der Waals surface area contributed by atoms with Crippen LogP contribution in [0.1, 0.15) is 42.7 Å². The van der Waals surface area contributed by atoms with E-state index < -0.39 is 5.60 Å². The molecule has 0 saturated heterocycles. The summed E-state index contributed by atoms with van der Waals surface area (Å²) in [5, 5.41) is 13.3. The molecule has 4 nitrogen and oxygen atoms in total. The lowest BCUT2D eigenvalue weighted by Gasteiger charge is -2.44. The Hall–Kier alpha value is -2.43. The first-order chi connectivity index (χ1) is 13.7. The van der Waals surface area contributed by atoms with Crippen LogP contribution in [0.3, 0.4) is 0 Å². The summed E-state index contributed by atoms with van der Waals surface area (Å²) in [5.41, 5.74) is 3.63. The Morgan fingerprint density at radius 2 is 1.83 bits per heavy atom. The zero-order valence-corrected chi connectivity index (χ0v) is 18.0. The molecule has 1 aromatic heterocycles. The zero-order chi connectivity index (χ0) is 20.8. The summed E-state index contributed by atoms with van der Waals surface area (Å²) in [6.07, 6.45) is 1.49. The largest absolute Gasteiger partial charge is 0.496 e. The Bertz CT molecular complexity index is 1060. The van der Waals surface area contributed by atoms with Crippen LogP contribution in [0.4, 0.5) is 0 Å². The molecule has 4 rings (SSSR count). The second-order valence-corrected chi connectivity index (χ2v) is 9.28. The molecule has 1 aliphatic rings. The van der Waals surface area contributed by atoms with E-state index in [-0.39, 0.29) is 5.41 Å². The smallest absolute Gasteiger partial charge is 0.123 e. The molecule has 1 aliphatic carbocycles. The van der Waals surface area contributed by atoms with Crippen molar-refractivity contribution >= 4 is 10.9 Å². The number of aliphatic hydroxyl groups is 1. The van der Waals surface area contributed by atoms with Crippen molar-refractivity contribution in [3.8, 4) is 5.75 Å². The number of nitrogens with zero attached hydrogens (tertiary/aromatic N) is 2. The van der Waals surface area contributed by atoms with E-state index in [1.165, 1.54) is 0 Å². The average Bonchev–Trinajstić information content (AvgIpc) is 2.65. The molecule has 1 heterocycles. The molecule has 0 aliphatic heterocycles. The highest BCUT2D eigenvalue weighted by atomic mass is 16.5. The van der Waals surface area contributed by atoms with Crippen molar-refractivity contribution in [3.63, 3.8) is 0 Å². The number of ether oxygens (including phenoxy) is 1. The zero-order valence-electron chi connectivity index (χ0n) is 18.0. The Kier molecular flexibility index (Phi) is 4.88. The highest BCUT2D eigenvalue weighted by Gasteiger charge is 2.45. The maximum absolute atomic E-state index is 12.3. The molecule has 3 aromatic rings. The Balaban J connectivity index is 2.00. The molecule has 1 N–H and O–H groups in total. The van der Waals surface area contributed by atoms with Gasteiger partial charge in [-0.05, 0) is 56.1 Å². The quantitative estimate of drug-likeness (QED) is 0.712. The van der Waals surface area contributed by atoms with Crippen molar-refractivity contribution in [2.75, 3.05) is 21.2 Å². The van der Waals surface area contributed by atoms with Crippen LogP contribution in [0.2, 0.25) is 0 Å². The summed E-state index contributed by atoms with van der Waals surface area (Å²) in [4.78, 5) is 7.07. The fourth-order valence-electron chi connectivity index (χ4n) is 4.82. The number of hydrogen-bond acceptors (Lipinski definition) is 4. The topological polar surface area (TPSA) is 45.6 Å². The third-order valence-electron chi connectivity index (χ3n) is 5.90. The van der Waals surface area contributed by atoms with Crippen molar-refractivity contribution in [3.05, 3.63) is 70.9 Å². The molecule has 0 radical (unpaired) electrons. The minimum absolute atomic E-state index is 0.0737. The summed E-state index contributed by atoms with van der Waals surface area (Å²) in [5.74, 6) is 0.809. The number of aromatic nitrogens is 1. The van der Waals surface area contributed by atoms with E-state index in [1.54, 1.807) is 7.11 Å². The third kappa shape index (κ3) is 3.52. The second-order valence-electron chi connectivity index (χ2n) is 9.28. The fraction of sp³-hybridized carbons (Fsp3) is 0.400. The van der Waals surface area contributed by atoms with Crippen molar-refractivity contribution in [2.24, 2.45) is 5.41 Å². The summed E-state index contributed by atoms with van der Waals surface area (Å²) in [6.45, 7) is 5.12. The van der Waals surface area contributed by atoms with Gasteiger partial charge in [-0.15, -0.1) is 0 Å². The molecule has 0 saturated carbocycles. The van der Waals surface area contributed by atoms with Gasteiger partial charge >= 0.3 is 0 Å². The average molecular weight is 391 g/mol. The van der Waals surface area contributed by atoms with Gasteiger partial charge in [0.15, 0.2) is 0 Å². The lowest BCUT2D eigenvalue weighted by atomic mass is 9.65. The number of hydrogen-bond donors (Lipinski definition) is 1.